The third-order valence-electron chi connectivity index (χ3n) is 2.57. The highest BCUT2D eigenvalue weighted by Gasteiger charge is 2.11. The van der Waals surface area contributed by atoms with Crippen molar-refractivity contribution in [2.45, 2.75) is 19.9 Å². The number of carbonyl (C=O) groups is 1. The Morgan fingerprint density at radius 2 is 2.16 bits per heavy atom. The van der Waals surface area contributed by atoms with Crippen LogP contribution < -0.4 is 16.6 Å². The normalized spacial score (nSPS) is 10.5. The molecular weight excluding hydrogens is 244 g/mol. The number of hydrogen-bond acceptors (Lipinski definition) is 5. The monoisotopic (exact) mass is 260 g/mol. The Hall–Kier alpha value is -2.41. The second-order valence-electron chi connectivity index (χ2n) is 4.28. The summed E-state index contributed by atoms with van der Waals surface area (Å²) >= 11 is 0. The molecule has 2 rings (SSSR count). The summed E-state index contributed by atoms with van der Waals surface area (Å²) in [5.41, 5.74) is 2.87. The SMILES string of the molecule is CC(C)n1nccc1NC(=O)c1ccnc(NN)c1. The zero-order valence-electron chi connectivity index (χ0n) is 10.8. The third-order valence-corrected chi connectivity index (χ3v) is 2.57. The fourth-order valence-corrected chi connectivity index (χ4v) is 1.66. The number of nitrogens with zero attached hydrogens (tertiary/aromatic N) is 3. The van der Waals surface area contributed by atoms with E-state index in [4.69, 9.17) is 5.84 Å². The van der Waals surface area contributed by atoms with Crippen LogP contribution in [-0.4, -0.2) is 20.7 Å². The molecule has 0 radical (unpaired) electrons. The fraction of sp³-hybridized carbons (Fsp3) is 0.250. The molecule has 7 heteroatoms. The summed E-state index contributed by atoms with van der Waals surface area (Å²) in [5, 5.41) is 6.96. The zero-order chi connectivity index (χ0) is 13.8. The third kappa shape index (κ3) is 2.89. The van der Waals surface area contributed by atoms with Gasteiger partial charge in [-0.3, -0.25) is 4.79 Å². The van der Waals surface area contributed by atoms with Gasteiger partial charge in [0.2, 0.25) is 0 Å². The molecule has 19 heavy (non-hydrogen) atoms. The van der Waals surface area contributed by atoms with E-state index in [-0.39, 0.29) is 11.9 Å². The molecule has 0 saturated heterocycles. The summed E-state index contributed by atoms with van der Waals surface area (Å²) in [4.78, 5) is 16.1. The Labute approximate surface area is 110 Å². The van der Waals surface area contributed by atoms with Crippen LogP contribution in [0, 0.1) is 0 Å². The molecule has 0 unspecified atom stereocenters. The number of nitrogen functional groups attached to an aromatic ring is 1. The molecule has 1 amide bonds. The molecule has 0 fully saturated rings. The van der Waals surface area contributed by atoms with Gasteiger partial charge < -0.3 is 10.7 Å². The summed E-state index contributed by atoms with van der Waals surface area (Å²) < 4.78 is 1.74. The fourth-order valence-electron chi connectivity index (χ4n) is 1.66. The van der Waals surface area contributed by atoms with Crippen molar-refractivity contribution in [3.05, 3.63) is 36.2 Å². The average Bonchev–Trinajstić information content (AvgIpc) is 2.87. The number of hydrazine groups is 1. The van der Waals surface area contributed by atoms with Gasteiger partial charge in [0.1, 0.15) is 11.6 Å². The number of carbonyl (C=O) groups excluding carboxylic acids is 1. The zero-order valence-corrected chi connectivity index (χ0v) is 10.8. The maximum Gasteiger partial charge on any atom is 0.256 e. The van der Waals surface area contributed by atoms with Gasteiger partial charge in [0.25, 0.3) is 5.91 Å². The summed E-state index contributed by atoms with van der Waals surface area (Å²) in [5.74, 6) is 6.11. The number of nitrogens with two attached hydrogens (primary N) is 1. The standard InChI is InChI=1S/C12H16N6O/c1-8(2)18-11(4-6-15-18)16-12(19)9-3-5-14-10(7-9)17-13/h3-8H,13H2,1-2H3,(H,14,17)(H,16,19). The quantitative estimate of drug-likeness (QED) is 0.570. The number of anilines is 2. The summed E-state index contributed by atoms with van der Waals surface area (Å²) in [6.07, 6.45) is 3.17. The van der Waals surface area contributed by atoms with Crippen molar-refractivity contribution in [1.82, 2.24) is 14.8 Å². The van der Waals surface area contributed by atoms with Crippen molar-refractivity contribution in [2.24, 2.45) is 5.84 Å². The van der Waals surface area contributed by atoms with Gasteiger partial charge in [0.15, 0.2) is 0 Å². The van der Waals surface area contributed by atoms with Gasteiger partial charge in [-0.05, 0) is 26.0 Å². The smallest absolute Gasteiger partial charge is 0.256 e. The van der Waals surface area contributed by atoms with Crippen LogP contribution in [0.3, 0.4) is 0 Å². The first-order chi connectivity index (χ1) is 9.11. The van der Waals surface area contributed by atoms with Crippen LogP contribution in [0.4, 0.5) is 11.6 Å². The summed E-state index contributed by atoms with van der Waals surface area (Å²) in [6.45, 7) is 3.98. The predicted molar refractivity (Wildman–Crippen MR) is 72.6 cm³/mol. The van der Waals surface area contributed by atoms with Crippen LogP contribution in [0.25, 0.3) is 0 Å². The lowest BCUT2D eigenvalue weighted by atomic mass is 10.2. The molecule has 2 aromatic heterocycles. The van der Waals surface area contributed by atoms with E-state index in [1.807, 2.05) is 13.8 Å². The second kappa shape index (κ2) is 5.49. The van der Waals surface area contributed by atoms with Crippen molar-refractivity contribution in [3.8, 4) is 0 Å². The number of pyridine rings is 1. The molecule has 0 aliphatic carbocycles. The van der Waals surface area contributed by atoms with E-state index in [1.54, 1.807) is 29.1 Å². The lowest BCUT2D eigenvalue weighted by Gasteiger charge is -2.12. The first-order valence-electron chi connectivity index (χ1n) is 5.89. The Morgan fingerprint density at radius 3 is 2.84 bits per heavy atom. The van der Waals surface area contributed by atoms with Crippen molar-refractivity contribution >= 4 is 17.5 Å². The van der Waals surface area contributed by atoms with E-state index in [0.29, 0.717) is 17.2 Å². The van der Waals surface area contributed by atoms with Gasteiger partial charge in [0, 0.05) is 23.9 Å². The Kier molecular flexibility index (Phi) is 3.76. The van der Waals surface area contributed by atoms with Crippen molar-refractivity contribution in [2.75, 3.05) is 10.7 Å². The van der Waals surface area contributed by atoms with Gasteiger partial charge in [-0.1, -0.05) is 0 Å². The molecular formula is C12H16N6O. The highest BCUT2D eigenvalue weighted by molar-refractivity contribution is 6.04. The van der Waals surface area contributed by atoms with E-state index in [0.717, 1.165) is 0 Å². The molecule has 0 bridgehead atoms. The molecule has 4 N–H and O–H groups in total. The number of nitrogens with one attached hydrogen (secondary N) is 2. The van der Waals surface area contributed by atoms with Crippen LogP contribution in [0.5, 0.6) is 0 Å². The lowest BCUT2D eigenvalue weighted by Crippen LogP contribution is -2.17. The maximum absolute atomic E-state index is 12.1. The topological polar surface area (TPSA) is 97.9 Å². The minimum absolute atomic E-state index is 0.170. The van der Waals surface area contributed by atoms with Crippen LogP contribution in [0.2, 0.25) is 0 Å². The summed E-state index contributed by atoms with van der Waals surface area (Å²) in [7, 11) is 0. The molecule has 0 aliphatic rings. The molecule has 2 aromatic rings. The Balaban J connectivity index is 2.18. The largest absolute Gasteiger partial charge is 0.308 e. The van der Waals surface area contributed by atoms with Gasteiger partial charge in [-0.2, -0.15) is 5.10 Å². The predicted octanol–water partition coefficient (Wildman–Crippen LogP) is 1.40. The van der Waals surface area contributed by atoms with Crippen LogP contribution in [-0.2, 0) is 0 Å². The number of amides is 1. The number of hydrogen-bond donors (Lipinski definition) is 3. The molecule has 0 aliphatic heterocycles. The molecule has 0 atom stereocenters. The van der Waals surface area contributed by atoms with E-state index in [1.165, 1.54) is 6.20 Å². The Morgan fingerprint density at radius 1 is 1.37 bits per heavy atom. The number of aromatic nitrogens is 3. The molecule has 7 nitrogen and oxygen atoms in total. The van der Waals surface area contributed by atoms with Gasteiger partial charge in [0.05, 0.1) is 6.20 Å². The van der Waals surface area contributed by atoms with Crippen molar-refractivity contribution in [3.63, 3.8) is 0 Å². The minimum Gasteiger partial charge on any atom is -0.308 e. The van der Waals surface area contributed by atoms with Crippen molar-refractivity contribution < 1.29 is 4.79 Å². The minimum atomic E-state index is -0.235. The van der Waals surface area contributed by atoms with Gasteiger partial charge in [-0.25, -0.2) is 15.5 Å². The van der Waals surface area contributed by atoms with Gasteiger partial charge >= 0.3 is 0 Å². The molecule has 0 saturated carbocycles. The van der Waals surface area contributed by atoms with Crippen LogP contribution in [0.15, 0.2) is 30.6 Å². The van der Waals surface area contributed by atoms with E-state index >= 15 is 0 Å². The first kappa shape index (κ1) is 13.0. The molecule has 0 aromatic carbocycles. The number of rotatable bonds is 4. The second-order valence-corrected chi connectivity index (χ2v) is 4.28. The highest BCUT2D eigenvalue weighted by Crippen LogP contribution is 2.15. The van der Waals surface area contributed by atoms with Crippen molar-refractivity contribution in [1.29, 1.82) is 0 Å². The van der Waals surface area contributed by atoms with Crippen LogP contribution in [0.1, 0.15) is 30.2 Å². The molecule has 2 heterocycles. The first-order valence-corrected chi connectivity index (χ1v) is 5.89. The lowest BCUT2D eigenvalue weighted by molar-refractivity contribution is 0.102. The van der Waals surface area contributed by atoms with E-state index in [2.05, 4.69) is 20.8 Å². The van der Waals surface area contributed by atoms with E-state index < -0.39 is 0 Å². The van der Waals surface area contributed by atoms with Gasteiger partial charge in [-0.15, -0.1) is 0 Å². The highest BCUT2D eigenvalue weighted by atomic mass is 16.1. The maximum atomic E-state index is 12.1. The molecule has 100 valence electrons. The average molecular weight is 260 g/mol. The Bertz CT molecular complexity index is 577. The summed E-state index contributed by atoms with van der Waals surface area (Å²) in [6, 6.07) is 5.11. The van der Waals surface area contributed by atoms with Crippen LogP contribution >= 0.6 is 0 Å². The van der Waals surface area contributed by atoms with E-state index in [9.17, 15) is 4.79 Å². The molecule has 0 spiro atoms.